The Morgan fingerprint density at radius 2 is 2.33 bits per heavy atom. The number of aromatic nitrogens is 1. The third-order valence-electron chi connectivity index (χ3n) is 2.03. The van der Waals surface area contributed by atoms with Crippen LogP contribution in [0.5, 0.6) is 0 Å². The number of hydrogen-bond acceptors (Lipinski definition) is 3. The Bertz CT molecular complexity index is 406. The molecule has 12 heavy (non-hydrogen) atoms. The fourth-order valence-corrected chi connectivity index (χ4v) is 1.29. The molecule has 1 aromatic heterocycles. The predicted molar refractivity (Wildman–Crippen MR) is 46.6 cm³/mol. The Kier molecular flexibility index (Phi) is 1.59. The van der Waals surface area contributed by atoms with Crippen LogP contribution in [0.3, 0.4) is 0 Å². The maximum atomic E-state index is 5.56. The molecular formula is C9H10N2O. The number of aryl methyl sites for hydroxylation is 1. The lowest BCUT2D eigenvalue weighted by atomic mass is 10.1. The number of nitrogens with two attached hydrogens (primary N) is 1. The maximum absolute atomic E-state index is 5.56. The zero-order chi connectivity index (χ0) is 8.55. The van der Waals surface area contributed by atoms with E-state index in [1.54, 1.807) is 6.20 Å². The first-order chi connectivity index (χ1) is 5.81. The smallest absolute Gasteiger partial charge is 0.167 e. The molecule has 0 bridgehead atoms. The summed E-state index contributed by atoms with van der Waals surface area (Å²) in [5, 5.41) is 4.72. The highest BCUT2D eigenvalue weighted by Crippen LogP contribution is 2.18. The van der Waals surface area contributed by atoms with Gasteiger partial charge in [-0.25, -0.2) is 0 Å². The van der Waals surface area contributed by atoms with Crippen LogP contribution in [0.4, 0.5) is 0 Å². The van der Waals surface area contributed by atoms with Crippen molar-refractivity contribution in [2.24, 2.45) is 5.73 Å². The molecule has 62 valence electrons. The van der Waals surface area contributed by atoms with Gasteiger partial charge in [0.1, 0.15) is 0 Å². The number of benzene rings is 1. The van der Waals surface area contributed by atoms with Gasteiger partial charge in [-0.2, -0.15) is 0 Å². The van der Waals surface area contributed by atoms with E-state index >= 15 is 0 Å². The summed E-state index contributed by atoms with van der Waals surface area (Å²) in [6.07, 6.45) is 1.70. The van der Waals surface area contributed by atoms with Crippen molar-refractivity contribution in [2.45, 2.75) is 13.5 Å². The van der Waals surface area contributed by atoms with E-state index in [0.29, 0.717) is 6.54 Å². The summed E-state index contributed by atoms with van der Waals surface area (Å²) in [7, 11) is 0. The van der Waals surface area contributed by atoms with E-state index < -0.39 is 0 Å². The van der Waals surface area contributed by atoms with E-state index in [9.17, 15) is 0 Å². The van der Waals surface area contributed by atoms with Gasteiger partial charge in [-0.3, -0.25) is 0 Å². The van der Waals surface area contributed by atoms with Gasteiger partial charge in [0, 0.05) is 11.9 Å². The van der Waals surface area contributed by atoms with Crippen molar-refractivity contribution < 1.29 is 4.52 Å². The average Bonchev–Trinajstić information content (AvgIpc) is 2.49. The Morgan fingerprint density at radius 3 is 3.08 bits per heavy atom. The summed E-state index contributed by atoms with van der Waals surface area (Å²) < 4.78 is 5.01. The van der Waals surface area contributed by atoms with Gasteiger partial charge < -0.3 is 10.3 Å². The second kappa shape index (κ2) is 2.60. The van der Waals surface area contributed by atoms with Gasteiger partial charge in [0.2, 0.25) is 0 Å². The summed E-state index contributed by atoms with van der Waals surface area (Å²) in [4.78, 5) is 0. The van der Waals surface area contributed by atoms with Crippen LogP contribution in [0.1, 0.15) is 11.1 Å². The summed E-state index contributed by atoms with van der Waals surface area (Å²) in [6.45, 7) is 2.58. The van der Waals surface area contributed by atoms with Crippen molar-refractivity contribution in [3.8, 4) is 0 Å². The fraction of sp³-hybridized carbons (Fsp3) is 0.222. The number of nitrogens with zero attached hydrogens (tertiary/aromatic N) is 1. The second-order valence-electron chi connectivity index (χ2n) is 2.85. The summed E-state index contributed by atoms with van der Waals surface area (Å²) in [5.41, 5.74) is 8.68. The first-order valence-electron chi connectivity index (χ1n) is 3.85. The molecule has 0 aliphatic carbocycles. The summed E-state index contributed by atoms with van der Waals surface area (Å²) in [5.74, 6) is 0. The minimum Gasteiger partial charge on any atom is -0.356 e. The van der Waals surface area contributed by atoms with Crippen molar-refractivity contribution in [3.63, 3.8) is 0 Å². The van der Waals surface area contributed by atoms with Gasteiger partial charge >= 0.3 is 0 Å². The van der Waals surface area contributed by atoms with Crippen LogP contribution in [0.15, 0.2) is 22.9 Å². The van der Waals surface area contributed by atoms with Gasteiger partial charge in [-0.15, -0.1) is 0 Å². The van der Waals surface area contributed by atoms with Crippen LogP contribution in [0, 0.1) is 6.92 Å². The Labute approximate surface area is 70.1 Å². The lowest BCUT2D eigenvalue weighted by Crippen LogP contribution is -1.98. The van der Waals surface area contributed by atoms with Crippen molar-refractivity contribution in [1.29, 1.82) is 0 Å². The molecule has 1 aromatic carbocycles. The van der Waals surface area contributed by atoms with Gasteiger partial charge in [-0.1, -0.05) is 5.16 Å². The van der Waals surface area contributed by atoms with E-state index in [2.05, 4.69) is 5.16 Å². The van der Waals surface area contributed by atoms with Crippen LogP contribution in [0.25, 0.3) is 11.0 Å². The molecule has 0 amide bonds. The van der Waals surface area contributed by atoms with Crippen molar-refractivity contribution >= 4 is 11.0 Å². The predicted octanol–water partition coefficient (Wildman–Crippen LogP) is 1.59. The summed E-state index contributed by atoms with van der Waals surface area (Å²) in [6, 6.07) is 3.98. The Hall–Kier alpha value is -1.35. The van der Waals surface area contributed by atoms with Gasteiger partial charge in [0.15, 0.2) is 5.58 Å². The molecule has 0 aliphatic heterocycles. The number of rotatable bonds is 1. The lowest BCUT2D eigenvalue weighted by molar-refractivity contribution is 0.456. The maximum Gasteiger partial charge on any atom is 0.167 e. The topological polar surface area (TPSA) is 52.0 Å². The highest BCUT2D eigenvalue weighted by Gasteiger charge is 2.02. The van der Waals surface area contributed by atoms with E-state index in [0.717, 1.165) is 22.1 Å². The molecule has 2 N–H and O–H groups in total. The van der Waals surface area contributed by atoms with Crippen LogP contribution in [0.2, 0.25) is 0 Å². The minimum absolute atomic E-state index is 0.562. The Balaban J connectivity index is 2.73. The Morgan fingerprint density at radius 1 is 1.50 bits per heavy atom. The molecular weight excluding hydrogens is 152 g/mol. The van der Waals surface area contributed by atoms with Crippen LogP contribution < -0.4 is 5.73 Å². The monoisotopic (exact) mass is 162 g/mol. The molecule has 0 saturated carbocycles. The molecule has 0 spiro atoms. The van der Waals surface area contributed by atoms with Crippen LogP contribution in [-0.4, -0.2) is 5.16 Å². The van der Waals surface area contributed by atoms with E-state index in [4.69, 9.17) is 10.3 Å². The van der Waals surface area contributed by atoms with Crippen LogP contribution >= 0.6 is 0 Å². The molecule has 3 heteroatoms. The number of fused-ring (bicyclic) bond motifs is 1. The van der Waals surface area contributed by atoms with E-state index in [1.165, 1.54) is 0 Å². The zero-order valence-electron chi connectivity index (χ0n) is 6.87. The first kappa shape index (κ1) is 7.31. The molecule has 0 aliphatic rings. The molecule has 0 fully saturated rings. The minimum atomic E-state index is 0.562. The van der Waals surface area contributed by atoms with Crippen molar-refractivity contribution in [3.05, 3.63) is 29.5 Å². The third-order valence-corrected chi connectivity index (χ3v) is 2.03. The van der Waals surface area contributed by atoms with Gasteiger partial charge in [-0.05, 0) is 30.2 Å². The van der Waals surface area contributed by atoms with Gasteiger partial charge in [0.05, 0.1) is 6.20 Å². The molecule has 2 rings (SSSR count). The van der Waals surface area contributed by atoms with E-state index in [1.807, 2.05) is 19.1 Å². The SMILES string of the molecule is Cc1cc2oncc2cc1CN. The standard InChI is InChI=1S/C9H10N2O/c1-6-2-9-8(5-11-12-9)3-7(6)4-10/h2-3,5H,4,10H2,1H3. The molecule has 3 nitrogen and oxygen atoms in total. The van der Waals surface area contributed by atoms with Crippen LogP contribution in [-0.2, 0) is 6.54 Å². The summed E-state index contributed by atoms with van der Waals surface area (Å²) >= 11 is 0. The average molecular weight is 162 g/mol. The van der Waals surface area contributed by atoms with Crippen molar-refractivity contribution in [2.75, 3.05) is 0 Å². The lowest BCUT2D eigenvalue weighted by Gasteiger charge is -2.00. The first-order valence-corrected chi connectivity index (χ1v) is 3.85. The highest BCUT2D eigenvalue weighted by atomic mass is 16.5. The van der Waals surface area contributed by atoms with Crippen molar-refractivity contribution in [1.82, 2.24) is 5.16 Å². The van der Waals surface area contributed by atoms with E-state index in [-0.39, 0.29) is 0 Å². The molecule has 0 atom stereocenters. The fourth-order valence-electron chi connectivity index (χ4n) is 1.29. The molecule has 0 radical (unpaired) electrons. The zero-order valence-corrected chi connectivity index (χ0v) is 6.87. The number of hydrogen-bond donors (Lipinski definition) is 1. The highest BCUT2D eigenvalue weighted by molar-refractivity contribution is 5.77. The normalized spacial score (nSPS) is 10.8. The third kappa shape index (κ3) is 0.987. The molecule has 0 saturated heterocycles. The molecule has 0 unspecified atom stereocenters. The molecule has 1 heterocycles. The largest absolute Gasteiger partial charge is 0.356 e. The molecule has 2 aromatic rings. The quantitative estimate of drug-likeness (QED) is 0.692. The second-order valence-corrected chi connectivity index (χ2v) is 2.85. The van der Waals surface area contributed by atoms with Gasteiger partial charge in [0.25, 0.3) is 0 Å².